The predicted molar refractivity (Wildman–Crippen MR) is 64.6 cm³/mol. The molecule has 2 unspecified atom stereocenters. The fourth-order valence-corrected chi connectivity index (χ4v) is 3.36. The number of rotatable bonds is 1. The molecule has 80 valence electrons. The van der Waals surface area contributed by atoms with Crippen LogP contribution < -0.4 is 4.90 Å². The van der Waals surface area contributed by atoms with E-state index in [1.54, 1.807) is 0 Å². The van der Waals surface area contributed by atoms with E-state index in [0.29, 0.717) is 0 Å². The topological polar surface area (TPSA) is 3.24 Å². The average molecular weight is 222 g/mol. The van der Waals surface area contributed by atoms with Crippen LogP contribution in [0.4, 0.5) is 5.69 Å². The number of benzene rings is 1. The van der Waals surface area contributed by atoms with Gasteiger partial charge in [-0.3, -0.25) is 0 Å². The molecule has 2 fully saturated rings. The molecule has 3 rings (SSSR count). The molecule has 2 saturated heterocycles. The highest BCUT2D eigenvalue weighted by Crippen LogP contribution is 2.39. The lowest BCUT2D eigenvalue weighted by Gasteiger charge is -2.36. The van der Waals surface area contributed by atoms with Crippen LogP contribution in [0, 0.1) is 0 Å². The van der Waals surface area contributed by atoms with E-state index < -0.39 is 0 Å². The van der Waals surface area contributed by atoms with Crippen molar-refractivity contribution < 1.29 is 0 Å². The summed E-state index contributed by atoms with van der Waals surface area (Å²) in [6.07, 6.45) is 6.88. The maximum Gasteiger partial charge on any atom is 0.0426 e. The van der Waals surface area contributed by atoms with E-state index in [1.165, 1.54) is 37.8 Å². The first kappa shape index (κ1) is 9.53. The van der Waals surface area contributed by atoms with E-state index in [1.807, 2.05) is 6.07 Å². The molecule has 2 heterocycles. The lowest BCUT2D eigenvalue weighted by Crippen LogP contribution is -2.39. The minimum absolute atomic E-state index is 0.780. The molecule has 0 spiro atoms. The molecule has 1 nitrogen and oxygen atoms in total. The van der Waals surface area contributed by atoms with E-state index in [2.05, 4.69) is 23.1 Å². The summed E-state index contributed by atoms with van der Waals surface area (Å²) in [5.74, 6) is 0. The van der Waals surface area contributed by atoms with Crippen LogP contribution in [0.15, 0.2) is 24.3 Å². The Kier molecular flexibility index (Phi) is 2.36. The molecule has 0 aliphatic carbocycles. The Morgan fingerprint density at radius 3 is 2.47 bits per heavy atom. The summed E-state index contributed by atoms with van der Waals surface area (Å²) < 4.78 is 0. The Bertz CT molecular complexity index is 347. The molecule has 0 radical (unpaired) electrons. The molecule has 2 aliphatic rings. The molecule has 2 bridgehead atoms. The van der Waals surface area contributed by atoms with Gasteiger partial charge in [0.15, 0.2) is 0 Å². The summed E-state index contributed by atoms with van der Waals surface area (Å²) in [6, 6.07) is 9.88. The van der Waals surface area contributed by atoms with Gasteiger partial charge in [0, 0.05) is 22.8 Å². The Balaban J connectivity index is 1.93. The first-order valence-corrected chi connectivity index (χ1v) is 6.26. The average Bonchev–Trinajstić information content (AvgIpc) is 2.49. The van der Waals surface area contributed by atoms with Crippen LogP contribution in [0.25, 0.3) is 0 Å². The molecule has 2 atom stereocenters. The Morgan fingerprint density at radius 2 is 1.80 bits per heavy atom. The Hall–Kier alpha value is -0.690. The highest BCUT2D eigenvalue weighted by molar-refractivity contribution is 6.30. The van der Waals surface area contributed by atoms with Crippen LogP contribution >= 0.6 is 11.6 Å². The quantitative estimate of drug-likeness (QED) is 0.696. The number of fused-ring (bicyclic) bond motifs is 2. The molecule has 2 heteroatoms. The summed E-state index contributed by atoms with van der Waals surface area (Å²) in [7, 11) is 0. The summed E-state index contributed by atoms with van der Waals surface area (Å²) >= 11 is 6.05. The Morgan fingerprint density at radius 1 is 1.07 bits per heavy atom. The van der Waals surface area contributed by atoms with E-state index in [-0.39, 0.29) is 0 Å². The van der Waals surface area contributed by atoms with Crippen molar-refractivity contribution in [2.75, 3.05) is 4.90 Å². The summed E-state index contributed by atoms with van der Waals surface area (Å²) in [5.41, 5.74) is 1.33. The number of hydrogen-bond acceptors (Lipinski definition) is 1. The zero-order valence-electron chi connectivity index (χ0n) is 8.82. The van der Waals surface area contributed by atoms with Crippen molar-refractivity contribution in [2.24, 2.45) is 0 Å². The predicted octanol–water partition coefficient (Wildman–Crippen LogP) is 3.86. The molecule has 2 aliphatic heterocycles. The number of piperidine rings is 1. The smallest absolute Gasteiger partial charge is 0.0426 e. The fraction of sp³-hybridized carbons (Fsp3) is 0.538. The van der Waals surface area contributed by atoms with E-state index >= 15 is 0 Å². The van der Waals surface area contributed by atoms with Crippen molar-refractivity contribution in [1.29, 1.82) is 0 Å². The highest BCUT2D eigenvalue weighted by atomic mass is 35.5. The molecule has 0 saturated carbocycles. The van der Waals surface area contributed by atoms with Gasteiger partial charge in [0.1, 0.15) is 0 Å². The van der Waals surface area contributed by atoms with E-state index in [0.717, 1.165) is 17.1 Å². The van der Waals surface area contributed by atoms with Crippen molar-refractivity contribution in [3.05, 3.63) is 29.3 Å². The summed E-state index contributed by atoms with van der Waals surface area (Å²) in [4.78, 5) is 2.61. The van der Waals surface area contributed by atoms with Crippen molar-refractivity contribution in [2.45, 2.75) is 44.2 Å². The standard InChI is InChI=1S/C13H16ClN/c14-10-3-1-6-13(9-10)15-11-4-2-5-12(15)8-7-11/h1,3,6,9,11-12H,2,4-5,7-8H2. The normalized spacial score (nSPS) is 29.5. The highest BCUT2D eigenvalue weighted by Gasteiger charge is 2.36. The first-order chi connectivity index (χ1) is 7.34. The van der Waals surface area contributed by atoms with Crippen molar-refractivity contribution in [1.82, 2.24) is 0 Å². The van der Waals surface area contributed by atoms with Crippen LogP contribution in [0.5, 0.6) is 0 Å². The lowest BCUT2D eigenvalue weighted by molar-refractivity contribution is 0.468. The van der Waals surface area contributed by atoms with E-state index in [9.17, 15) is 0 Å². The molecular formula is C13H16ClN. The van der Waals surface area contributed by atoms with Gasteiger partial charge in [-0.15, -0.1) is 0 Å². The second-order valence-electron chi connectivity index (χ2n) is 4.70. The monoisotopic (exact) mass is 221 g/mol. The third kappa shape index (κ3) is 1.63. The molecule has 0 amide bonds. The first-order valence-electron chi connectivity index (χ1n) is 5.88. The third-order valence-electron chi connectivity index (χ3n) is 3.80. The number of hydrogen-bond donors (Lipinski definition) is 0. The maximum atomic E-state index is 6.05. The zero-order valence-corrected chi connectivity index (χ0v) is 9.58. The fourth-order valence-electron chi connectivity index (χ4n) is 3.18. The molecule has 0 aromatic heterocycles. The number of nitrogens with zero attached hydrogens (tertiary/aromatic N) is 1. The molecule has 15 heavy (non-hydrogen) atoms. The van der Waals surface area contributed by atoms with Crippen LogP contribution in [0.3, 0.4) is 0 Å². The molecule has 1 aromatic carbocycles. The second-order valence-corrected chi connectivity index (χ2v) is 5.14. The van der Waals surface area contributed by atoms with Gasteiger partial charge in [-0.25, -0.2) is 0 Å². The Labute approximate surface area is 96.0 Å². The lowest BCUT2D eigenvalue weighted by atomic mass is 10.0. The van der Waals surface area contributed by atoms with Gasteiger partial charge >= 0.3 is 0 Å². The van der Waals surface area contributed by atoms with E-state index in [4.69, 9.17) is 11.6 Å². The van der Waals surface area contributed by atoms with Crippen LogP contribution in [-0.2, 0) is 0 Å². The largest absolute Gasteiger partial charge is 0.366 e. The van der Waals surface area contributed by atoms with Gasteiger partial charge in [-0.2, -0.15) is 0 Å². The van der Waals surface area contributed by atoms with Gasteiger partial charge in [0.2, 0.25) is 0 Å². The van der Waals surface area contributed by atoms with Crippen LogP contribution in [0.1, 0.15) is 32.1 Å². The zero-order chi connectivity index (χ0) is 10.3. The molecule has 1 aromatic rings. The third-order valence-corrected chi connectivity index (χ3v) is 4.04. The van der Waals surface area contributed by atoms with Crippen molar-refractivity contribution in [3.8, 4) is 0 Å². The SMILES string of the molecule is Clc1cccc(N2C3CCCC2CC3)c1. The van der Waals surface area contributed by atoms with Gasteiger partial charge in [0.25, 0.3) is 0 Å². The van der Waals surface area contributed by atoms with Gasteiger partial charge in [-0.1, -0.05) is 17.7 Å². The number of anilines is 1. The molecule has 0 N–H and O–H groups in total. The van der Waals surface area contributed by atoms with Crippen molar-refractivity contribution in [3.63, 3.8) is 0 Å². The molecular weight excluding hydrogens is 206 g/mol. The van der Waals surface area contributed by atoms with Gasteiger partial charge < -0.3 is 4.90 Å². The van der Waals surface area contributed by atoms with Crippen LogP contribution in [0.2, 0.25) is 5.02 Å². The van der Waals surface area contributed by atoms with Gasteiger partial charge in [-0.05, 0) is 50.3 Å². The summed E-state index contributed by atoms with van der Waals surface area (Å²) in [5, 5.41) is 0.859. The maximum absolute atomic E-state index is 6.05. The minimum atomic E-state index is 0.780. The van der Waals surface area contributed by atoms with Crippen LogP contribution in [-0.4, -0.2) is 12.1 Å². The number of halogens is 1. The summed E-state index contributed by atoms with van der Waals surface area (Å²) in [6.45, 7) is 0. The van der Waals surface area contributed by atoms with Gasteiger partial charge in [0.05, 0.1) is 0 Å². The second kappa shape index (κ2) is 3.71. The minimum Gasteiger partial charge on any atom is -0.366 e. The van der Waals surface area contributed by atoms with Crippen molar-refractivity contribution >= 4 is 17.3 Å².